The van der Waals surface area contributed by atoms with Gasteiger partial charge in [-0.2, -0.15) is 0 Å². The molecule has 5 rings (SSSR count). The van der Waals surface area contributed by atoms with Gasteiger partial charge in [-0.3, -0.25) is 0 Å². The molecule has 0 aliphatic heterocycles. The minimum atomic E-state index is -3.74. The number of oxazole rings is 1. The van der Waals surface area contributed by atoms with Gasteiger partial charge in [0.15, 0.2) is 0 Å². The molecule has 0 unspecified atom stereocenters. The fourth-order valence-electron chi connectivity index (χ4n) is 3.37. The van der Waals surface area contributed by atoms with Crippen molar-refractivity contribution in [2.24, 2.45) is 0 Å². The summed E-state index contributed by atoms with van der Waals surface area (Å²) in [5.74, 6) is 0.489. The van der Waals surface area contributed by atoms with Gasteiger partial charge in [0, 0.05) is 22.7 Å². The van der Waals surface area contributed by atoms with E-state index in [1.165, 1.54) is 3.97 Å². The maximum Gasteiger partial charge on any atom is 0.268 e. The van der Waals surface area contributed by atoms with Crippen LogP contribution in [-0.4, -0.2) is 17.4 Å². The van der Waals surface area contributed by atoms with Crippen LogP contribution in [0, 0.1) is 0 Å². The Hall–Kier alpha value is -3.64. The molecule has 29 heavy (non-hydrogen) atoms. The molecule has 0 fully saturated rings. The highest BCUT2D eigenvalue weighted by atomic mass is 32.2. The Labute approximate surface area is 167 Å². The van der Waals surface area contributed by atoms with Gasteiger partial charge in [-0.15, -0.1) is 0 Å². The molecule has 6 heteroatoms. The monoisotopic (exact) mass is 400 g/mol. The smallest absolute Gasteiger partial charge is 0.268 e. The number of benzene rings is 3. The molecule has 0 spiro atoms. The van der Waals surface area contributed by atoms with Crippen molar-refractivity contribution in [2.45, 2.75) is 4.90 Å². The third-order valence-electron chi connectivity index (χ3n) is 4.78. The van der Waals surface area contributed by atoms with Crippen molar-refractivity contribution < 1.29 is 12.8 Å². The van der Waals surface area contributed by atoms with Crippen LogP contribution in [0.5, 0.6) is 0 Å². The molecule has 0 aliphatic rings. The van der Waals surface area contributed by atoms with Crippen LogP contribution in [0.4, 0.5) is 0 Å². The average Bonchev–Trinajstić information content (AvgIpc) is 3.40. The van der Waals surface area contributed by atoms with E-state index in [0.29, 0.717) is 22.7 Å². The highest BCUT2D eigenvalue weighted by Gasteiger charge is 2.22. The van der Waals surface area contributed by atoms with Gasteiger partial charge in [-0.25, -0.2) is 17.4 Å². The molecule has 2 aromatic heterocycles. The van der Waals surface area contributed by atoms with Gasteiger partial charge in [-0.05, 0) is 30.3 Å². The van der Waals surface area contributed by atoms with Crippen LogP contribution in [-0.2, 0) is 10.0 Å². The number of hydrogen-bond acceptors (Lipinski definition) is 4. The van der Waals surface area contributed by atoms with Gasteiger partial charge in [0.1, 0.15) is 12.0 Å². The summed E-state index contributed by atoms with van der Waals surface area (Å²) in [6.07, 6.45) is 3.17. The third-order valence-corrected chi connectivity index (χ3v) is 6.47. The number of nitrogens with zero attached hydrogens (tertiary/aromatic N) is 2. The van der Waals surface area contributed by atoms with Crippen LogP contribution < -0.4 is 0 Å². The Balaban J connectivity index is 1.69. The Morgan fingerprint density at radius 1 is 0.793 bits per heavy atom. The van der Waals surface area contributed by atoms with Crippen LogP contribution in [0.1, 0.15) is 0 Å². The Morgan fingerprint density at radius 2 is 1.45 bits per heavy atom. The molecular weight excluding hydrogens is 384 g/mol. The van der Waals surface area contributed by atoms with Crippen LogP contribution in [0.2, 0.25) is 0 Å². The summed E-state index contributed by atoms with van der Waals surface area (Å²) in [5, 5.41) is 0.792. The maximum absolute atomic E-state index is 13.2. The minimum Gasteiger partial charge on any atom is -0.444 e. The van der Waals surface area contributed by atoms with Gasteiger partial charge < -0.3 is 4.42 Å². The molecule has 0 saturated heterocycles. The zero-order valence-corrected chi connectivity index (χ0v) is 16.1. The number of hydrogen-bond donors (Lipinski definition) is 0. The fourth-order valence-corrected chi connectivity index (χ4v) is 4.76. The highest BCUT2D eigenvalue weighted by molar-refractivity contribution is 7.90. The van der Waals surface area contributed by atoms with Crippen molar-refractivity contribution in [1.82, 2.24) is 8.96 Å². The summed E-state index contributed by atoms with van der Waals surface area (Å²) in [6.45, 7) is 0. The van der Waals surface area contributed by atoms with E-state index in [2.05, 4.69) is 4.98 Å². The van der Waals surface area contributed by atoms with E-state index in [1.807, 2.05) is 48.5 Å². The number of aromatic nitrogens is 2. The molecule has 0 aliphatic carbocycles. The van der Waals surface area contributed by atoms with E-state index in [0.717, 1.165) is 10.9 Å². The zero-order valence-electron chi connectivity index (χ0n) is 15.3. The Kier molecular flexibility index (Phi) is 4.07. The first-order valence-corrected chi connectivity index (χ1v) is 10.5. The summed E-state index contributed by atoms with van der Waals surface area (Å²) in [5.41, 5.74) is 2.74. The second kappa shape index (κ2) is 6.76. The van der Waals surface area contributed by atoms with Crippen LogP contribution >= 0.6 is 0 Å². The molecule has 5 aromatic rings. The molecule has 5 nitrogen and oxygen atoms in total. The van der Waals surface area contributed by atoms with Crippen molar-refractivity contribution >= 4 is 20.9 Å². The molecule has 0 radical (unpaired) electrons. The van der Waals surface area contributed by atoms with E-state index in [-0.39, 0.29) is 4.90 Å². The topological polar surface area (TPSA) is 65.1 Å². The second-order valence-corrected chi connectivity index (χ2v) is 8.39. The molecule has 0 atom stereocenters. The molecule has 2 heterocycles. The lowest BCUT2D eigenvalue weighted by atomic mass is 10.1. The second-order valence-electron chi connectivity index (χ2n) is 6.58. The van der Waals surface area contributed by atoms with Gasteiger partial charge in [0.05, 0.1) is 10.4 Å². The predicted molar refractivity (Wildman–Crippen MR) is 112 cm³/mol. The summed E-state index contributed by atoms with van der Waals surface area (Å²) in [6, 6.07) is 25.4. The molecule has 0 amide bonds. The Morgan fingerprint density at radius 3 is 2.21 bits per heavy atom. The molecular formula is C23H16N2O3S. The van der Waals surface area contributed by atoms with E-state index < -0.39 is 10.0 Å². The summed E-state index contributed by atoms with van der Waals surface area (Å²) in [4.78, 5) is 4.83. The largest absolute Gasteiger partial charge is 0.444 e. The number of para-hydroxylation sites is 1. The van der Waals surface area contributed by atoms with Crippen molar-refractivity contribution in [3.63, 3.8) is 0 Å². The normalized spacial score (nSPS) is 11.7. The van der Waals surface area contributed by atoms with E-state index in [4.69, 9.17) is 4.42 Å². The number of fused-ring (bicyclic) bond motifs is 1. The Bertz CT molecular complexity index is 1400. The van der Waals surface area contributed by atoms with Crippen molar-refractivity contribution in [3.05, 3.63) is 97.4 Å². The summed E-state index contributed by atoms with van der Waals surface area (Å²) < 4.78 is 33.4. The lowest BCUT2D eigenvalue weighted by Crippen LogP contribution is -2.11. The third kappa shape index (κ3) is 2.94. The first-order valence-electron chi connectivity index (χ1n) is 9.06. The van der Waals surface area contributed by atoms with Crippen molar-refractivity contribution in [1.29, 1.82) is 0 Å². The highest BCUT2D eigenvalue weighted by Crippen LogP contribution is 2.33. The van der Waals surface area contributed by atoms with Crippen LogP contribution in [0.25, 0.3) is 33.6 Å². The van der Waals surface area contributed by atoms with E-state index in [9.17, 15) is 8.42 Å². The first-order chi connectivity index (χ1) is 14.1. The van der Waals surface area contributed by atoms with Gasteiger partial charge in [0.2, 0.25) is 5.89 Å². The molecule has 0 bridgehead atoms. The SMILES string of the molecule is O=S(=O)(c1ccccc1)n1cc(-c2coc(-c3ccccc3)n2)c2ccccc21. The average molecular weight is 400 g/mol. The van der Waals surface area contributed by atoms with Crippen LogP contribution in [0.15, 0.2) is 107 Å². The molecule has 3 aromatic carbocycles. The number of rotatable bonds is 4. The van der Waals surface area contributed by atoms with Crippen molar-refractivity contribution in [3.8, 4) is 22.7 Å². The standard InChI is InChI=1S/C23H16N2O3S/c26-29(27,18-11-5-2-6-12-18)25-15-20(19-13-7-8-14-22(19)25)21-16-28-23(24-21)17-9-3-1-4-10-17/h1-16H. The van der Waals surface area contributed by atoms with Crippen LogP contribution in [0.3, 0.4) is 0 Å². The van der Waals surface area contributed by atoms with Gasteiger partial charge >= 0.3 is 0 Å². The van der Waals surface area contributed by atoms with Gasteiger partial charge in [0.25, 0.3) is 10.0 Å². The predicted octanol–water partition coefficient (Wildman–Crippen LogP) is 5.20. The maximum atomic E-state index is 13.2. The lowest BCUT2D eigenvalue weighted by Gasteiger charge is -2.07. The molecule has 0 N–H and O–H groups in total. The molecule has 0 saturated carbocycles. The van der Waals surface area contributed by atoms with Gasteiger partial charge in [-0.1, -0.05) is 54.6 Å². The summed E-state index contributed by atoms with van der Waals surface area (Å²) in [7, 11) is -3.74. The molecule has 142 valence electrons. The fraction of sp³-hybridized carbons (Fsp3) is 0. The quantitative estimate of drug-likeness (QED) is 0.416. The minimum absolute atomic E-state index is 0.234. The van der Waals surface area contributed by atoms with E-state index >= 15 is 0 Å². The lowest BCUT2D eigenvalue weighted by molar-refractivity contribution is 0.575. The summed E-state index contributed by atoms with van der Waals surface area (Å²) >= 11 is 0. The van der Waals surface area contributed by atoms with Crippen molar-refractivity contribution in [2.75, 3.05) is 0 Å². The first kappa shape index (κ1) is 17.5. The van der Waals surface area contributed by atoms with E-state index in [1.54, 1.807) is 48.9 Å². The zero-order chi connectivity index (χ0) is 19.8.